The summed E-state index contributed by atoms with van der Waals surface area (Å²) in [5, 5.41) is 0. The second kappa shape index (κ2) is 6.28. The molecule has 0 aliphatic carbocycles. The number of benzene rings is 1. The first kappa shape index (κ1) is 17.4. The van der Waals surface area contributed by atoms with Crippen LogP contribution in [-0.2, 0) is 16.6 Å². The lowest BCUT2D eigenvalue weighted by atomic mass is 9.79. The van der Waals surface area contributed by atoms with Crippen molar-refractivity contribution in [3.05, 3.63) is 29.8 Å². The topological polar surface area (TPSA) is 66.6 Å². The molecule has 1 saturated heterocycles. The van der Waals surface area contributed by atoms with Gasteiger partial charge in [-0.2, -0.15) is 0 Å². The molecule has 0 radical (unpaired) electrons. The Morgan fingerprint density at radius 1 is 1.27 bits per heavy atom. The average molecular weight is 325 g/mol. The van der Waals surface area contributed by atoms with Crippen LogP contribution >= 0.6 is 0 Å². The highest BCUT2D eigenvalue weighted by Crippen LogP contribution is 2.28. The molecule has 5 nitrogen and oxygen atoms in total. The maximum atomic E-state index is 12.1. The maximum Gasteiger partial charge on any atom is 0.242 e. The molecule has 0 spiro atoms. The lowest BCUT2D eigenvalue weighted by Crippen LogP contribution is -2.52. The van der Waals surface area contributed by atoms with E-state index in [4.69, 9.17) is 5.73 Å². The van der Waals surface area contributed by atoms with Gasteiger partial charge in [-0.1, -0.05) is 26.0 Å². The molecule has 1 aromatic carbocycles. The van der Waals surface area contributed by atoms with E-state index < -0.39 is 10.0 Å². The summed E-state index contributed by atoms with van der Waals surface area (Å²) >= 11 is 0. The Hall–Kier alpha value is -0.950. The lowest BCUT2D eigenvalue weighted by Gasteiger charge is -2.42. The van der Waals surface area contributed by atoms with Crippen molar-refractivity contribution in [2.24, 2.45) is 11.1 Å². The summed E-state index contributed by atoms with van der Waals surface area (Å²) in [6.07, 6.45) is 1.00. The maximum absolute atomic E-state index is 12.1. The van der Waals surface area contributed by atoms with E-state index in [0.29, 0.717) is 4.90 Å². The first-order valence-corrected chi connectivity index (χ1v) is 9.06. The quantitative estimate of drug-likeness (QED) is 0.911. The van der Waals surface area contributed by atoms with Crippen molar-refractivity contribution in [1.82, 2.24) is 9.21 Å². The molecule has 1 aliphatic heterocycles. The number of sulfonamides is 1. The summed E-state index contributed by atoms with van der Waals surface area (Å²) in [5.74, 6) is 0. The number of hydrogen-bond acceptors (Lipinski definition) is 4. The number of nitrogens with zero attached hydrogens (tertiary/aromatic N) is 2. The molecule has 1 aliphatic rings. The van der Waals surface area contributed by atoms with Crippen molar-refractivity contribution in [3.63, 3.8) is 0 Å². The summed E-state index contributed by atoms with van der Waals surface area (Å²) in [5.41, 5.74) is 7.41. The van der Waals surface area contributed by atoms with Crippen LogP contribution in [0, 0.1) is 5.41 Å². The molecule has 6 heteroatoms. The van der Waals surface area contributed by atoms with Gasteiger partial charge in [0.25, 0.3) is 0 Å². The fourth-order valence-electron chi connectivity index (χ4n) is 2.86. The normalized spacial score (nSPS) is 22.9. The van der Waals surface area contributed by atoms with E-state index in [0.717, 1.165) is 31.6 Å². The van der Waals surface area contributed by atoms with Crippen molar-refractivity contribution in [3.8, 4) is 0 Å². The Morgan fingerprint density at radius 2 is 1.86 bits per heavy atom. The number of rotatable bonds is 4. The first-order valence-electron chi connectivity index (χ1n) is 7.62. The molecule has 1 unspecified atom stereocenters. The largest absolute Gasteiger partial charge is 0.327 e. The molecule has 2 rings (SSSR count). The summed E-state index contributed by atoms with van der Waals surface area (Å²) in [6.45, 7) is 7.19. The minimum atomic E-state index is -3.35. The van der Waals surface area contributed by atoms with Crippen molar-refractivity contribution in [2.75, 3.05) is 27.2 Å². The van der Waals surface area contributed by atoms with Crippen LogP contribution in [0.25, 0.3) is 0 Å². The van der Waals surface area contributed by atoms with Crippen LogP contribution in [-0.4, -0.2) is 50.8 Å². The molecule has 1 atom stereocenters. The van der Waals surface area contributed by atoms with Crippen molar-refractivity contribution < 1.29 is 8.42 Å². The van der Waals surface area contributed by atoms with Gasteiger partial charge >= 0.3 is 0 Å². The highest BCUT2D eigenvalue weighted by molar-refractivity contribution is 7.89. The molecule has 0 amide bonds. The standard InChI is InChI=1S/C16H27N3O2S/c1-16(2)12-19(10-9-15(16)17)11-13-5-7-14(8-6-13)22(20,21)18(3)4/h5-8,15H,9-12,17H2,1-4H3. The minimum absolute atomic E-state index is 0.118. The average Bonchev–Trinajstić information content (AvgIpc) is 2.43. The molecule has 0 aromatic heterocycles. The highest BCUT2D eigenvalue weighted by Gasteiger charge is 2.33. The van der Waals surface area contributed by atoms with E-state index in [9.17, 15) is 8.42 Å². The number of likely N-dealkylation sites (tertiary alicyclic amines) is 1. The van der Waals surface area contributed by atoms with Gasteiger partial charge in [-0.25, -0.2) is 12.7 Å². The summed E-state index contributed by atoms with van der Waals surface area (Å²) in [7, 11) is -0.262. The monoisotopic (exact) mass is 325 g/mol. The molecule has 124 valence electrons. The Kier molecular flexibility index (Phi) is 4.96. The van der Waals surface area contributed by atoms with Gasteiger partial charge in [0.2, 0.25) is 10.0 Å². The fourth-order valence-corrected chi connectivity index (χ4v) is 3.76. The smallest absolute Gasteiger partial charge is 0.242 e. The van der Waals surface area contributed by atoms with E-state index in [1.54, 1.807) is 26.2 Å². The van der Waals surface area contributed by atoms with Gasteiger partial charge in [0.1, 0.15) is 0 Å². The highest BCUT2D eigenvalue weighted by atomic mass is 32.2. The van der Waals surface area contributed by atoms with Crippen LogP contribution in [0.15, 0.2) is 29.2 Å². The predicted molar refractivity (Wildman–Crippen MR) is 89.0 cm³/mol. The molecule has 1 heterocycles. The van der Waals surface area contributed by atoms with Crippen LogP contribution in [0.1, 0.15) is 25.8 Å². The number of nitrogens with two attached hydrogens (primary N) is 1. The third kappa shape index (κ3) is 3.68. The fraction of sp³-hybridized carbons (Fsp3) is 0.625. The van der Waals surface area contributed by atoms with E-state index in [2.05, 4.69) is 18.7 Å². The van der Waals surface area contributed by atoms with Crippen LogP contribution in [0.4, 0.5) is 0 Å². The number of piperidine rings is 1. The summed E-state index contributed by atoms with van der Waals surface area (Å²) in [6, 6.07) is 7.42. The summed E-state index contributed by atoms with van der Waals surface area (Å²) in [4.78, 5) is 2.72. The molecule has 22 heavy (non-hydrogen) atoms. The minimum Gasteiger partial charge on any atom is -0.327 e. The molecule has 0 bridgehead atoms. The third-order valence-electron chi connectivity index (χ3n) is 4.50. The first-order chi connectivity index (χ1) is 10.1. The molecular formula is C16H27N3O2S. The van der Waals surface area contributed by atoms with Crippen LogP contribution < -0.4 is 5.73 Å². The molecule has 2 N–H and O–H groups in total. The van der Waals surface area contributed by atoms with Gasteiger partial charge in [0.05, 0.1) is 4.90 Å². The van der Waals surface area contributed by atoms with Crippen molar-refractivity contribution in [1.29, 1.82) is 0 Å². The second-order valence-electron chi connectivity index (χ2n) is 7.03. The Morgan fingerprint density at radius 3 is 2.36 bits per heavy atom. The van der Waals surface area contributed by atoms with Gasteiger partial charge in [-0.05, 0) is 29.5 Å². The van der Waals surface area contributed by atoms with Gasteiger partial charge in [-0.3, -0.25) is 4.90 Å². The molecule has 1 fully saturated rings. The van der Waals surface area contributed by atoms with Gasteiger partial charge in [-0.15, -0.1) is 0 Å². The van der Waals surface area contributed by atoms with Crippen LogP contribution in [0.3, 0.4) is 0 Å². The number of hydrogen-bond donors (Lipinski definition) is 1. The van der Waals surface area contributed by atoms with Crippen LogP contribution in [0.2, 0.25) is 0 Å². The van der Waals surface area contributed by atoms with E-state index in [1.807, 2.05) is 12.1 Å². The van der Waals surface area contributed by atoms with Gasteiger partial charge in [0, 0.05) is 39.8 Å². The van der Waals surface area contributed by atoms with Gasteiger partial charge < -0.3 is 5.73 Å². The molecule has 1 aromatic rings. The van der Waals surface area contributed by atoms with E-state index >= 15 is 0 Å². The second-order valence-corrected chi connectivity index (χ2v) is 9.18. The zero-order valence-corrected chi connectivity index (χ0v) is 14.7. The Bertz CT molecular complexity index is 609. The van der Waals surface area contributed by atoms with E-state index in [-0.39, 0.29) is 11.5 Å². The van der Waals surface area contributed by atoms with E-state index in [1.165, 1.54) is 4.31 Å². The van der Waals surface area contributed by atoms with Crippen molar-refractivity contribution in [2.45, 2.75) is 37.8 Å². The SMILES string of the molecule is CN(C)S(=O)(=O)c1ccc(CN2CCC(N)C(C)(C)C2)cc1. The third-order valence-corrected chi connectivity index (χ3v) is 6.33. The van der Waals surface area contributed by atoms with Crippen LogP contribution in [0.5, 0.6) is 0 Å². The Labute approximate surface area is 134 Å². The zero-order chi connectivity index (χ0) is 16.5. The predicted octanol–water partition coefficient (Wildman–Crippen LogP) is 1.50. The van der Waals surface area contributed by atoms with Gasteiger partial charge in [0.15, 0.2) is 0 Å². The zero-order valence-electron chi connectivity index (χ0n) is 13.9. The Balaban J connectivity index is 2.07. The summed E-state index contributed by atoms with van der Waals surface area (Å²) < 4.78 is 25.3. The molecular weight excluding hydrogens is 298 g/mol. The molecule has 0 saturated carbocycles. The van der Waals surface area contributed by atoms with Crippen molar-refractivity contribution >= 4 is 10.0 Å². The lowest BCUT2D eigenvalue weighted by molar-refractivity contribution is 0.0899.